The van der Waals surface area contributed by atoms with Gasteiger partial charge in [0.05, 0.1) is 17.4 Å². The fraction of sp³-hybridized carbons (Fsp3) is 0.493. The molecule has 73 heavy (non-hydrogen) atoms. The number of anilines is 4. The molecule has 1 aromatic heterocycles. The SMILES string of the molecule is C=C1/C=C(C(C)(C)C)\C=C/SC2=C1C=CCC2N1c2cc(C)cc3c2B(C2=C(CC(C(C)(C)I)C(C(C)(C)CC)=C2)N3c2ccc3c(c2)C(C)(C)CCC3(C)C)c2oc3cc4c(cc3c21)C(C)(C)CCC4(C)C. The van der Waals surface area contributed by atoms with E-state index in [1.54, 1.807) is 5.57 Å². The number of hydrogen-bond acceptors (Lipinski definition) is 4. The third-order valence-corrected chi connectivity index (χ3v) is 21.1. The van der Waals surface area contributed by atoms with Gasteiger partial charge in [0.2, 0.25) is 0 Å². The standard InChI is InChI=1S/C67H82BIN2OS/c1-19-62(7,8)48-36-51-53(37-50(48)67(17,18)69)70(42-23-24-45-46(34-42)64(11,12)27-26-63(45,9)10)54-31-39(2)32-55-57(54)68(51)60-58(44-35-47-49(38-56(44)72-60)66(15,16)29-28-65(47,13)14)71(55)52-22-20-21-43-40(3)33-41(61(4,5)6)25-30-73-59(43)52/h20-21,23-25,30-36,38,50,52H,3,19,22,26-29,37H2,1-2,4-18H3/b30-25-,41-33+. The number of hydrogen-bond donors (Lipinski definition) is 0. The van der Waals surface area contributed by atoms with Crippen LogP contribution in [-0.4, -0.2) is 16.2 Å². The lowest BCUT2D eigenvalue weighted by atomic mass is 9.34. The molecule has 4 aliphatic carbocycles. The van der Waals surface area contributed by atoms with E-state index in [-0.39, 0.29) is 48.7 Å². The van der Waals surface area contributed by atoms with Crippen molar-refractivity contribution in [3.05, 3.63) is 151 Å². The quantitative estimate of drug-likeness (QED) is 0.113. The van der Waals surface area contributed by atoms with Crippen molar-refractivity contribution >= 4 is 85.9 Å². The number of aryl methyl sites for hydroxylation is 1. The minimum atomic E-state index is -0.0906. The maximum atomic E-state index is 7.82. The van der Waals surface area contributed by atoms with Gasteiger partial charge in [-0.2, -0.15) is 0 Å². The topological polar surface area (TPSA) is 19.6 Å². The van der Waals surface area contributed by atoms with Gasteiger partial charge in [0.15, 0.2) is 0 Å². The van der Waals surface area contributed by atoms with E-state index >= 15 is 0 Å². The Morgan fingerprint density at radius 2 is 1.40 bits per heavy atom. The second kappa shape index (κ2) is 16.8. The normalized spacial score (nSPS) is 24.9. The molecule has 0 saturated heterocycles. The van der Waals surface area contributed by atoms with Gasteiger partial charge in [-0.25, -0.2) is 0 Å². The maximum absolute atomic E-state index is 7.82. The Hall–Kier alpha value is -3.88. The second-order valence-electron chi connectivity index (χ2n) is 28.1. The smallest absolute Gasteiger partial charge is 0.296 e. The van der Waals surface area contributed by atoms with Crippen LogP contribution < -0.4 is 20.9 Å². The monoisotopic (exact) mass is 1100 g/mol. The first kappa shape index (κ1) is 51.2. The van der Waals surface area contributed by atoms with Crippen LogP contribution in [0.2, 0.25) is 0 Å². The van der Waals surface area contributed by atoms with Crippen molar-refractivity contribution in [2.75, 3.05) is 9.80 Å². The van der Waals surface area contributed by atoms with Crippen molar-refractivity contribution in [3.8, 4) is 0 Å². The molecule has 0 N–H and O–H groups in total. The first-order chi connectivity index (χ1) is 33.9. The van der Waals surface area contributed by atoms with Crippen molar-refractivity contribution in [3.63, 3.8) is 0 Å². The summed E-state index contributed by atoms with van der Waals surface area (Å²) in [5.41, 5.74) is 24.1. The van der Waals surface area contributed by atoms with E-state index in [0.29, 0.717) is 5.92 Å². The molecule has 4 aromatic rings. The number of fused-ring (bicyclic) bond motifs is 7. The fourth-order valence-corrected chi connectivity index (χ4v) is 15.7. The molecule has 2 unspecified atom stereocenters. The predicted molar refractivity (Wildman–Crippen MR) is 327 cm³/mol. The number of benzene rings is 3. The van der Waals surface area contributed by atoms with Crippen molar-refractivity contribution in [1.29, 1.82) is 0 Å². The summed E-state index contributed by atoms with van der Waals surface area (Å²) in [7, 11) is 0. The summed E-state index contributed by atoms with van der Waals surface area (Å²) in [5.74, 6) is 0.347. The molecule has 3 nitrogen and oxygen atoms in total. The van der Waals surface area contributed by atoms with Crippen LogP contribution in [0.25, 0.3) is 11.0 Å². The molecule has 2 atom stereocenters. The zero-order valence-corrected chi connectivity index (χ0v) is 50.5. The largest absolute Gasteiger partial charge is 0.468 e. The highest BCUT2D eigenvalue weighted by Gasteiger charge is 2.53. The summed E-state index contributed by atoms with van der Waals surface area (Å²) in [4.78, 5) is 6.89. The van der Waals surface area contributed by atoms with Gasteiger partial charge in [-0.05, 0) is 182 Å². The van der Waals surface area contributed by atoms with Gasteiger partial charge in [0.1, 0.15) is 5.58 Å². The Labute approximate surface area is 458 Å². The van der Waals surface area contributed by atoms with Crippen LogP contribution >= 0.6 is 34.4 Å². The van der Waals surface area contributed by atoms with E-state index in [4.69, 9.17) is 11.0 Å². The van der Waals surface area contributed by atoms with E-state index in [1.165, 1.54) is 101 Å². The minimum Gasteiger partial charge on any atom is -0.468 e. The third kappa shape index (κ3) is 8.07. The Balaban J connectivity index is 1.26. The van der Waals surface area contributed by atoms with Gasteiger partial charge < -0.3 is 14.2 Å². The van der Waals surface area contributed by atoms with Crippen LogP contribution in [-0.2, 0) is 21.7 Å². The number of alkyl halides is 1. The Bertz CT molecular complexity index is 3250. The van der Waals surface area contributed by atoms with Crippen molar-refractivity contribution < 1.29 is 4.42 Å². The summed E-state index contributed by atoms with van der Waals surface area (Å²) >= 11 is 4.67. The first-order valence-electron chi connectivity index (χ1n) is 27.7. The summed E-state index contributed by atoms with van der Waals surface area (Å²) in [6, 6.07) is 17.8. The number of allylic oxidation sites excluding steroid dienone is 10. The summed E-state index contributed by atoms with van der Waals surface area (Å²) in [6.07, 6.45) is 19.8. The molecule has 0 saturated carbocycles. The summed E-state index contributed by atoms with van der Waals surface area (Å²) in [6.45, 7) is 46.0. The van der Waals surface area contributed by atoms with Gasteiger partial charge >= 0.3 is 0 Å². The molecule has 0 fully saturated rings. The number of rotatable bonds is 5. The molecule has 0 amide bonds. The molecule has 0 radical (unpaired) electrons. The summed E-state index contributed by atoms with van der Waals surface area (Å²) in [5, 5.41) is 3.60. The van der Waals surface area contributed by atoms with Gasteiger partial charge in [0, 0.05) is 42.4 Å². The van der Waals surface area contributed by atoms with Gasteiger partial charge in [-0.15, -0.1) is 0 Å². The van der Waals surface area contributed by atoms with E-state index in [0.717, 1.165) is 48.9 Å². The molecular weight excluding hydrogens is 1020 g/mol. The van der Waals surface area contributed by atoms with Crippen molar-refractivity contribution in [2.24, 2.45) is 16.7 Å². The zero-order valence-electron chi connectivity index (χ0n) is 47.5. The van der Waals surface area contributed by atoms with E-state index in [9.17, 15) is 0 Å². The van der Waals surface area contributed by atoms with Crippen LogP contribution in [0, 0.1) is 23.7 Å². The average Bonchev–Trinajstić information content (AvgIpc) is 3.67. The third-order valence-electron chi connectivity index (χ3n) is 19.3. The Kier molecular flexibility index (Phi) is 11.8. The molecule has 7 aliphatic rings. The average molecular weight is 1100 g/mol. The van der Waals surface area contributed by atoms with Gasteiger partial charge in [-0.3, -0.25) is 0 Å². The van der Waals surface area contributed by atoms with Crippen molar-refractivity contribution in [2.45, 2.75) is 194 Å². The lowest BCUT2D eigenvalue weighted by Crippen LogP contribution is -2.58. The molecule has 3 aromatic carbocycles. The molecule has 382 valence electrons. The van der Waals surface area contributed by atoms with Gasteiger partial charge in [0.25, 0.3) is 6.71 Å². The van der Waals surface area contributed by atoms with E-state index < -0.39 is 0 Å². The lowest BCUT2D eigenvalue weighted by Gasteiger charge is -2.50. The molecule has 11 rings (SSSR count). The molecule has 0 spiro atoms. The minimum absolute atomic E-state index is 0.000123. The van der Waals surface area contributed by atoms with E-state index in [1.807, 2.05) is 11.8 Å². The molecular formula is C67H82BIN2OS. The predicted octanol–water partition coefficient (Wildman–Crippen LogP) is 18.4. The van der Waals surface area contributed by atoms with Crippen LogP contribution in [0.15, 0.2) is 128 Å². The highest BCUT2D eigenvalue weighted by atomic mass is 127. The van der Waals surface area contributed by atoms with Crippen LogP contribution in [0.3, 0.4) is 0 Å². The number of thioether (sulfide) groups is 1. The van der Waals surface area contributed by atoms with Gasteiger partial charge in [-0.1, -0.05) is 194 Å². The Morgan fingerprint density at radius 1 is 0.781 bits per heavy atom. The van der Waals surface area contributed by atoms with E-state index in [2.05, 4.69) is 228 Å². The molecule has 4 heterocycles. The van der Waals surface area contributed by atoms with Crippen LogP contribution in [0.4, 0.5) is 22.7 Å². The van der Waals surface area contributed by atoms with Crippen molar-refractivity contribution in [1.82, 2.24) is 0 Å². The second-order valence-corrected chi connectivity index (χ2v) is 31.8. The van der Waals surface area contributed by atoms with Crippen LogP contribution in [0.1, 0.15) is 184 Å². The number of halogens is 1. The Morgan fingerprint density at radius 3 is 2.03 bits per heavy atom. The van der Waals surface area contributed by atoms with Crippen LogP contribution in [0.5, 0.6) is 0 Å². The summed E-state index contributed by atoms with van der Waals surface area (Å²) < 4.78 is 7.84. The number of nitrogens with zero attached hydrogens (tertiary/aromatic N) is 2. The highest BCUT2D eigenvalue weighted by Crippen LogP contribution is 2.57. The number of furan rings is 1. The zero-order chi connectivity index (χ0) is 52.5. The molecule has 0 bridgehead atoms. The lowest BCUT2D eigenvalue weighted by molar-refractivity contribution is 0.332. The highest BCUT2D eigenvalue weighted by molar-refractivity contribution is 14.1. The first-order valence-corrected chi connectivity index (χ1v) is 29.7. The molecule has 3 aliphatic heterocycles. The fourth-order valence-electron chi connectivity index (χ4n) is 14.1. The molecule has 6 heteroatoms. The maximum Gasteiger partial charge on any atom is 0.296 e.